The van der Waals surface area contributed by atoms with Crippen molar-refractivity contribution < 1.29 is 4.74 Å². The fraction of sp³-hybridized carbons (Fsp3) is 0.368. The van der Waals surface area contributed by atoms with Gasteiger partial charge in [-0.3, -0.25) is 9.67 Å². The second-order valence-electron chi connectivity index (χ2n) is 6.51. The van der Waals surface area contributed by atoms with Crippen molar-refractivity contribution in [2.45, 2.75) is 26.5 Å². The lowest BCUT2D eigenvalue weighted by Gasteiger charge is -2.35. The van der Waals surface area contributed by atoms with Crippen LogP contribution >= 0.6 is 15.9 Å². The Balaban J connectivity index is 1.59. The minimum atomic E-state index is 0.127. The van der Waals surface area contributed by atoms with Crippen LogP contribution in [0.4, 0.5) is 5.69 Å². The van der Waals surface area contributed by atoms with Crippen LogP contribution in [-0.4, -0.2) is 40.6 Å². The summed E-state index contributed by atoms with van der Waals surface area (Å²) in [5, 5.41) is 5.74. The van der Waals surface area contributed by atoms with Gasteiger partial charge in [0.15, 0.2) is 0 Å². The second kappa shape index (κ2) is 6.77. The summed E-state index contributed by atoms with van der Waals surface area (Å²) in [5.74, 6) is 0. The van der Waals surface area contributed by atoms with Gasteiger partial charge < -0.3 is 9.64 Å². The molecular formula is C19H21BrN4O. The number of pyridine rings is 1. The average Bonchev–Trinajstić information content (AvgIpc) is 2.92. The summed E-state index contributed by atoms with van der Waals surface area (Å²) in [5.41, 5.74) is 4.45. The molecule has 1 atom stereocenters. The number of fused-ring (bicyclic) bond motifs is 1. The molecule has 1 aliphatic heterocycles. The number of hydrogen-bond acceptors (Lipinski definition) is 4. The van der Waals surface area contributed by atoms with Gasteiger partial charge in [-0.2, -0.15) is 5.10 Å². The Hall–Kier alpha value is -1.92. The highest BCUT2D eigenvalue weighted by molar-refractivity contribution is 9.10. The van der Waals surface area contributed by atoms with Gasteiger partial charge in [0, 0.05) is 40.5 Å². The first kappa shape index (κ1) is 16.5. The first-order valence-corrected chi connectivity index (χ1v) is 9.32. The maximum atomic E-state index is 6.01. The van der Waals surface area contributed by atoms with E-state index in [1.165, 1.54) is 16.8 Å². The molecule has 1 fully saturated rings. The summed E-state index contributed by atoms with van der Waals surface area (Å²) in [6.07, 6.45) is 2.01. The molecular weight excluding hydrogens is 380 g/mol. The van der Waals surface area contributed by atoms with Crippen molar-refractivity contribution in [3.05, 3.63) is 52.4 Å². The van der Waals surface area contributed by atoms with Gasteiger partial charge in [-0.25, -0.2) is 0 Å². The van der Waals surface area contributed by atoms with Gasteiger partial charge in [-0.1, -0.05) is 12.1 Å². The van der Waals surface area contributed by atoms with Crippen molar-refractivity contribution in [1.82, 2.24) is 14.8 Å². The highest BCUT2D eigenvalue weighted by atomic mass is 79.9. The Morgan fingerprint density at radius 2 is 2.16 bits per heavy atom. The van der Waals surface area contributed by atoms with Crippen LogP contribution in [0, 0.1) is 13.8 Å². The first-order chi connectivity index (χ1) is 12.1. The number of anilines is 1. The zero-order valence-corrected chi connectivity index (χ0v) is 16.0. The number of halogens is 1. The Morgan fingerprint density at radius 1 is 1.28 bits per heavy atom. The molecule has 0 saturated carbocycles. The largest absolute Gasteiger partial charge is 0.373 e. The zero-order valence-electron chi connectivity index (χ0n) is 14.4. The van der Waals surface area contributed by atoms with E-state index in [1.807, 2.05) is 23.9 Å². The Bertz CT molecular complexity index is 908. The molecule has 2 aromatic heterocycles. The minimum Gasteiger partial charge on any atom is -0.373 e. The van der Waals surface area contributed by atoms with Gasteiger partial charge in [0.25, 0.3) is 0 Å². The Labute approximate surface area is 155 Å². The van der Waals surface area contributed by atoms with Crippen molar-refractivity contribution in [1.29, 1.82) is 0 Å². The van der Waals surface area contributed by atoms with Crippen LogP contribution < -0.4 is 4.90 Å². The quantitative estimate of drug-likeness (QED) is 0.671. The number of benzene rings is 1. The van der Waals surface area contributed by atoms with Crippen LogP contribution in [0.1, 0.15) is 11.4 Å². The number of ether oxygens (including phenoxy) is 1. The molecule has 1 saturated heterocycles. The molecule has 3 heterocycles. The highest BCUT2D eigenvalue weighted by Gasteiger charge is 2.23. The van der Waals surface area contributed by atoms with Crippen molar-refractivity contribution in [2.24, 2.45) is 0 Å². The van der Waals surface area contributed by atoms with E-state index in [0.29, 0.717) is 0 Å². The molecule has 5 nitrogen and oxygen atoms in total. The van der Waals surface area contributed by atoms with E-state index in [0.717, 1.165) is 41.9 Å². The van der Waals surface area contributed by atoms with Crippen LogP contribution in [0.3, 0.4) is 0 Å². The minimum absolute atomic E-state index is 0.127. The number of morpholine rings is 1. The highest BCUT2D eigenvalue weighted by Crippen LogP contribution is 2.30. The van der Waals surface area contributed by atoms with E-state index in [2.05, 4.69) is 62.1 Å². The first-order valence-electron chi connectivity index (χ1n) is 8.52. The van der Waals surface area contributed by atoms with Crippen LogP contribution in [0.5, 0.6) is 0 Å². The van der Waals surface area contributed by atoms with Gasteiger partial charge in [-0.15, -0.1) is 0 Å². The lowest BCUT2D eigenvalue weighted by atomic mass is 10.1. The van der Waals surface area contributed by atoms with Crippen molar-refractivity contribution in [2.75, 3.05) is 24.6 Å². The van der Waals surface area contributed by atoms with Crippen molar-refractivity contribution >= 4 is 32.5 Å². The SMILES string of the molecule is Cc1cc(C)n(CC2CN(c3ccnc4c(Br)cccc34)CCO2)n1. The van der Waals surface area contributed by atoms with Crippen LogP contribution in [0.2, 0.25) is 0 Å². The Kier molecular flexibility index (Phi) is 4.48. The lowest BCUT2D eigenvalue weighted by Crippen LogP contribution is -2.44. The Morgan fingerprint density at radius 3 is 2.96 bits per heavy atom. The fourth-order valence-corrected chi connectivity index (χ4v) is 3.97. The summed E-state index contributed by atoms with van der Waals surface area (Å²) < 4.78 is 9.08. The maximum absolute atomic E-state index is 6.01. The van der Waals surface area contributed by atoms with Gasteiger partial charge in [0.05, 0.1) is 30.5 Å². The number of rotatable bonds is 3. The topological polar surface area (TPSA) is 43.2 Å². The third-order valence-electron chi connectivity index (χ3n) is 4.66. The molecule has 0 radical (unpaired) electrons. The molecule has 6 heteroatoms. The molecule has 25 heavy (non-hydrogen) atoms. The van der Waals surface area contributed by atoms with E-state index in [-0.39, 0.29) is 6.10 Å². The number of aromatic nitrogens is 3. The molecule has 1 aliphatic rings. The zero-order chi connectivity index (χ0) is 17.4. The van der Waals surface area contributed by atoms with Crippen molar-refractivity contribution in [3.63, 3.8) is 0 Å². The van der Waals surface area contributed by atoms with E-state index >= 15 is 0 Å². The monoisotopic (exact) mass is 400 g/mol. The van der Waals surface area contributed by atoms with E-state index in [1.54, 1.807) is 0 Å². The summed E-state index contributed by atoms with van der Waals surface area (Å²) in [6.45, 7) is 7.36. The number of nitrogens with zero attached hydrogens (tertiary/aromatic N) is 4. The van der Waals surface area contributed by atoms with E-state index in [4.69, 9.17) is 4.74 Å². The average molecular weight is 401 g/mol. The maximum Gasteiger partial charge on any atom is 0.0946 e. The molecule has 0 bridgehead atoms. The van der Waals surface area contributed by atoms with Gasteiger partial charge in [0.2, 0.25) is 0 Å². The standard InChI is InChI=1S/C19H21BrN4O/c1-13-10-14(2)24(22-13)12-15-11-23(8-9-25-15)18-6-7-21-19-16(18)4-3-5-17(19)20/h3-7,10,15H,8-9,11-12H2,1-2H3. The molecule has 1 aromatic carbocycles. The molecule has 1 unspecified atom stereocenters. The molecule has 0 N–H and O–H groups in total. The fourth-order valence-electron chi connectivity index (χ4n) is 3.50. The van der Waals surface area contributed by atoms with Crippen LogP contribution in [-0.2, 0) is 11.3 Å². The summed E-state index contributed by atoms with van der Waals surface area (Å²) >= 11 is 3.60. The summed E-state index contributed by atoms with van der Waals surface area (Å²) in [7, 11) is 0. The van der Waals surface area contributed by atoms with Gasteiger partial charge >= 0.3 is 0 Å². The molecule has 0 amide bonds. The van der Waals surface area contributed by atoms with Gasteiger partial charge in [0.1, 0.15) is 0 Å². The van der Waals surface area contributed by atoms with Crippen molar-refractivity contribution in [3.8, 4) is 0 Å². The molecule has 3 aromatic rings. The smallest absolute Gasteiger partial charge is 0.0946 e. The summed E-state index contributed by atoms with van der Waals surface area (Å²) in [6, 6.07) is 10.4. The summed E-state index contributed by atoms with van der Waals surface area (Å²) in [4.78, 5) is 6.92. The van der Waals surface area contributed by atoms with Gasteiger partial charge in [-0.05, 0) is 48.0 Å². The normalized spacial score (nSPS) is 18.0. The second-order valence-corrected chi connectivity index (χ2v) is 7.37. The lowest BCUT2D eigenvalue weighted by molar-refractivity contribution is 0.0271. The third kappa shape index (κ3) is 3.28. The van der Waals surface area contributed by atoms with Crippen LogP contribution in [0.15, 0.2) is 41.0 Å². The predicted octanol–water partition coefficient (Wildman–Crippen LogP) is 3.72. The molecule has 0 spiro atoms. The van der Waals surface area contributed by atoms with E-state index in [9.17, 15) is 0 Å². The number of aryl methyl sites for hydroxylation is 2. The molecule has 130 valence electrons. The van der Waals surface area contributed by atoms with Crippen LogP contribution in [0.25, 0.3) is 10.9 Å². The molecule has 0 aliphatic carbocycles. The predicted molar refractivity (Wildman–Crippen MR) is 103 cm³/mol. The third-order valence-corrected chi connectivity index (χ3v) is 5.30. The molecule has 4 rings (SSSR count). The number of para-hydroxylation sites is 1. The van der Waals surface area contributed by atoms with E-state index < -0.39 is 0 Å². The number of hydrogen-bond donors (Lipinski definition) is 0.